The minimum atomic E-state index is -0.490. The van der Waals surface area contributed by atoms with Crippen LogP contribution in [0.25, 0.3) is 0 Å². The lowest BCUT2D eigenvalue weighted by Gasteiger charge is -2.52. The first-order valence-corrected chi connectivity index (χ1v) is 9.57. The molecular formula is C19H29ClN4O2. The van der Waals surface area contributed by atoms with E-state index in [9.17, 15) is 4.79 Å². The van der Waals surface area contributed by atoms with Gasteiger partial charge in [-0.05, 0) is 72.4 Å². The molecule has 26 heavy (non-hydrogen) atoms. The van der Waals surface area contributed by atoms with Crippen LogP contribution in [0.5, 0.6) is 0 Å². The molecule has 3 heterocycles. The summed E-state index contributed by atoms with van der Waals surface area (Å²) in [6.07, 6.45) is 3.52. The number of fused-ring (bicyclic) bond motifs is 2. The quantitative estimate of drug-likeness (QED) is 0.766. The number of amides is 1. The second kappa shape index (κ2) is 6.25. The fraction of sp³-hybridized carbons (Fsp3) is 0.737. The summed E-state index contributed by atoms with van der Waals surface area (Å²) < 4.78 is 5.72. The predicted octanol–water partition coefficient (Wildman–Crippen LogP) is 4.28. The minimum Gasteiger partial charge on any atom is -0.444 e. The summed E-state index contributed by atoms with van der Waals surface area (Å²) in [7, 11) is 2.04. The molecule has 1 aromatic rings. The third-order valence-electron chi connectivity index (χ3n) is 5.74. The van der Waals surface area contributed by atoms with Crippen LogP contribution >= 0.6 is 11.6 Å². The van der Waals surface area contributed by atoms with E-state index in [0.29, 0.717) is 5.15 Å². The fourth-order valence-electron chi connectivity index (χ4n) is 4.59. The summed E-state index contributed by atoms with van der Waals surface area (Å²) in [5.41, 5.74) is -0.919. The molecule has 6 nitrogen and oxygen atoms in total. The first kappa shape index (κ1) is 19.2. The van der Waals surface area contributed by atoms with E-state index in [1.165, 1.54) is 0 Å². The number of nitrogens with zero attached hydrogens (tertiary/aromatic N) is 4. The maximum absolute atomic E-state index is 12.9. The van der Waals surface area contributed by atoms with Gasteiger partial charge in [0, 0.05) is 24.2 Å². The van der Waals surface area contributed by atoms with Gasteiger partial charge in [-0.25, -0.2) is 4.79 Å². The lowest BCUT2D eigenvalue weighted by molar-refractivity contribution is -0.0357. The van der Waals surface area contributed by atoms with Gasteiger partial charge in [0.15, 0.2) is 11.0 Å². The lowest BCUT2D eigenvalue weighted by Crippen LogP contribution is -2.63. The Morgan fingerprint density at radius 2 is 1.81 bits per heavy atom. The Bertz CT molecular complexity index is 670. The van der Waals surface area contributed by atoms with Gasteiger partial charge in [-0.3, -0.25) is 4.90 Å². The summed E-state index contributed by atoms with van der Waals surface area (Å²) in [6.45, 7) is 10.1. The number of carbonyl (C=O) groups excluding carboxylic acids is 1. The molecular weight excluding hydrogens is 352 g/mol. The van der Waals surface area contributed by atoms with E-state index in [2.05, 4.69) is 28.9 Å². The van der Waals surface area contributed by atoms with Crippen molar-refractivity contribution < 1.29 is 9.53 Å². The molecule has 0 unspecified atom stereocenters. The van der Waals surface area contributed by atoms with Crippen molar-refractivity contribution in [3.05, 3.63) is 17.3 Å². The molecule has 0 radical (unpaired) electrons. The zero-order chi connectivity index (χ0) is 19.3. The van der Waals surface area contributed by atoms with E-state index in [1.54, 1.807) is 6.07 Å². The topological polar surface area (TPSA) is 58.6 Å². The van der Waals surface area contributed by atoms with Crippen LogP contribution in [0.2, 0.25) is 5.15 Å². The van der Waals surface area contributed by atoms with Crippen molar-refractivity contribution in [1.29, 1.82) is 0 Å². The van der Waals surface area contributed by atoms with Crippen molar-refractivity contribution >= 4 is 23.5 Å². The Labute approximate surface area is 160 Å². The molecule has 7 heteroatoms. The number of carbonyl (C=O) groups is 1. The molecule has 1 aromatic heterocycles. The Morgan fingerprint density at radius 3 is 2.27 bits per heavy atom. The van der Waals surface area contributed by atoms with Gasteiger partial charge < -0.3 is 9.64 Å². The molecule has 2 bridgehead atoms. The number of aromatic nitrogens is 2. The number of anilines is 1. The van der Waals surface area contributed by atoms with Crippen LogP contribution in [0, 0.1) is 0 Å². The van der Waals surface area contributed by atoms with E-state index in [1.807, 2.05) is 38.8 Å². The van der Waals surface area contributed by atoms with Crippen molar-refractivity contribution in [1.82, 2.24) is 15.1 Å². The van der Waals surface area contributed by atoms with Crippen LogP contribution in [0.15, 0.2) is 12.1 Å². The van der Waals surface area contributed by atoms with Gasteiger partial charge in [-0.2, -0.15) is 0 Å². The zero-order valence-electron chi connectivity index (χ0n) is 16.5. The van der Waals surface area contributed by atoms with Crippen LogP contribution < -0.4 is 4.90 Å². The van der Waals surface area contributed by atoms with Crippen LogP contribution in [0.1, 0.15) is 60.3 Å². The highest BCUT2D eigenvalue weighted by Crippen LogP contribution is 2.52. The van der Waals surface area contributed by atoms with Crippen LogP contribution in [-0.4, -0.2) is 51.0 Å². The lowest BCUT2D eigenvalue weighted by atomic mass is 9.82. The smallest absolute Gasteiger partial charge is 0.411 e. The second-order valence-corrected chi connectivity index (χ2v) is 9.58. The zero-order valence-corrected chi connectivity index (χ0v) is 17.3. The molecule has 0 aliphatic carbocycles. The molecule has 0 saturated carbocycles. The number of piperidine rings is 1. The van der Waals surface area contributed by atoms with Crippen molar-refractivity contribution in [2.75, 3.05) is 11.9 Å². The molecule has 2 saturated heterocycles. The maximum Gasteiger partial charge on any atom is 0.411 e. The van der Waals surface area contributed by atoms with Gasteiger partial charge in [0.25, 0.3) is 0 Å². The first-order chi connectivity index (χ1) is 11.9. The summed E-state index contributed by atoms with van der Waals surface area (Å²) in [5, 5.41) is 8.56. The molecule has 0 spiro atoms. The maximum atomic E-state index is 12.9. The van der Waals surface area contributed by atoms with Crippen molar-refractivity contribution in [2.24, 2.45) is 0 Å². The Morgan fingerprint density at radius 1 is 1.23 bits per heavy atom. The van der Waals surface area contributed by atoms with E-state index in [-0.39, 0.29) is 23.2 Å². The molecule has 144 valence electrons. The largest absolute Gasteiger partial charge is 0.444 e. The van der Waals surface area contributed by atoms with Gasteiger partial charge in [0.1, 0.15) is 5.60 Å². The molecule has 0 aromatic carbocycles. The molecule has 2 fully saturated rings. The Kier molecular flexibility index (Phi) is 4.62. The van der Waals surface area contributed by atoms with Crippen LogP contribution in [0.3, 0.4) is 0 Å². The Balaban J connectivity index is 1.83. The highest BCUT2D eigenvalue weighted by molar-refractivity contribution is 6.29. The summed E-state index contributed by atoms with van der Waals surface area (Å²) in [4.78, 5) is 17.1. The normalized spacial score (nSPS) is 31.0. The molecule has 2 aliphatic rings. The fourth-order valence-corrected chi connectivity index (χ4v) is 4.70. The summed E-state index contributed by atoms with van der Waals surface area (Å²) in [6, 6.07) is 3.93. The molecule has 2 aliphatic heterocycles. The third-order valence-corrected chi connectivity index (χ3v) is 5.94. The van der Waals surface area contributed by atoms with E-state index in [0.717, 1.165) is 31.5 Å². The molecule has 1 amide bonds. The van der Waals surface area contributed by atoms with Crippen molar-refractivity contribution in [3.63, 3.8) is 0 Å². The SMILES string of the molecule is CN(c1ccc(Cl)nn1)[C@H]1C[C@]2(C)CC[C@](C)(C1)N2C(=O)OC(C)(C)C. The van der Waals surface area contributed by atoms with Gasteiger partial charge in [0.2, 0.25) is 0 Å². The van der Waals surface area contributed by atoms with Crippen molar-refractivity contribution in [2.45, 2.75) is 83.0 Å². The molecule has 3 atom stereocenters. The van der Waals surface area contributed by atoms with Crippen LogP contribution in [-0.2, 0) is 4.74 Å². The van der Waals surface area contributed by atoms with Crippen LogP contribution in [0.4, 0.5) is 10.6 Å². The number of ether oxygens (including phenoxy) is 1. The first-order valence-electron chi connectivity index (χ1n) is 9.19. The monoisotopic (exact) mass is 380 g/mol. The van der Waals surface area contributed by atoms with E-state index >= 15 is 0 Å². The summed E-state index contributed by atoms with van der Waals surface area (Å²) >= 11 is 5.86. The molecule has 0 N–H and O–H groups in total. The van der Waals surface area contributed by atoms with E-state index < -0.39 is 5.60 Å². The standard InChI is InChI=1S/C19H29ClN4O2/c1-17(2,3)26-16(25)24-18(4)9-10-19(24,5)12-13(11-18)23(6)15-8-7-14(20)21-22-15/h7-8,13H,9-12H2,1-6H3/t13-,18-,19+. The summed E-state index contributed by atoms with van der Waals surface area (Å²) in [5.74, 6) is 0.803. The van der Waals surface area contributed by atoms with E-state index in [4.69, 9.17) is 16.3 Å². The Hall–Kier alpha value is -1.56. The van der Waals surface area contributed by atoms with Crippen molar-refractivity contribution in [3.8, 4) is 0 Å². The highest BCUT2D eigenvalue weighted by Gasteiger charge is 2.59. The number of halogens is 1. The number of hydrogen-bond donors (Lipinski definition) is 0. The average molecular weight is 381 g/mol. The molecule has 3 rings (SSSR count). The number of rotatable bonds is 2. The highest BCUT2D eigenvalue weighted by atomic mass is 35.5. The average Bonchev–Trinajstić information content (AvgIpc) is 2.67. The van der Waals surface area contributed by atoms with Gasteiger partial charge in [-0.1, -0.05) is 11.6 Å². The number of hydrogen-bond acceptors (Lipinski definition) is 5. The predicted molar refractivity (Wildman–Crippen MR) is 103 cm³/mol. The second-order valence-electron chi connectivity index (χ2n) is 9.20. The van der Waals surface area contributed by atoms with Gasteiger partial charge >= 0.3 is 6.09 Å². The van der Waals surface area contributed by atoms with Gasteiger partial charge in [-0.15, -0.1) is 10.2 Å². The minimum absolute atomic E-state index is 0.201. The van der Waals surface area contributed by atoms with Gasteiger partial charge in [0.05, 0.1) is 0 Å². The third kappa shape index (κ3) is 3.48.